The van der Waals surface area contributed by atoms with E-state index in [4.69, 9.17) is 18.9 Å². The van der Waals surface area contributed by atoms with Crippen LogP contribution in [-0.2, 0) is 18.9 Å². The first-order chi connectivity index (χ1) is 12.2. The first kappa shape index (κ1) is 26.8. The molecule has 0 aliphatic carbocycles. The normalized spacial score (nSPS) is 15.2. The Labute approximate surface area is 169 Å². The molecule has 1 atom stereocenters. The van der Waals surface area contributed by atoms with Crippen molar-refractivity contribution >= 4 is 0 Å². The maximum absolute atomic E-state index is 6.35. The van der Waals surface area contributed by atoms with Crippen LogP contribution in [0.15, 0.2) is 0 Å². The molecule has 0 aromatic rings. The van der Waals surface area contributed by atoms with Crippen LogP contribution in [0.25, 0.3) is 0 Å². The van der Waals surface area contributed by atoms with Crippen LogP contribution in [0, 0.1) is 5.92 Å². The molecule has 164 valence electrons. The average Bonchev–Trinajstić information content (AvgIpc) is 2.53. The molecule has 0 N–H and O–H groups in total. The van der Waals surface area contributed by atoms with Crippen LogP contribution < -0.4 is 0 Å². The summed E-state index contributed by atoms with van der Waals surface area (Å²) in [7, 11) is 3.52. The summed E-state index contributed by atoms with van der Waals surface area (Å²) in [6, 6.07) is 0. The Morgan fingerprint density at radius 3 is 1.52 bits per heavy atom. The van der Waals surface area contributed by atoms with E-state index in [0.717, 1.165) is 32.1 Å². The van der Waals surface area contributed by atoms with Gasteiger partial charge in [-0.05, 0) is 87.0 Å². The maximum Gasteiger partial charge on any atom is 0.0655 e. The summed E-state index contributed by atoms with van der Waals surface area (Å²) < 4.78 is 23.6. The molecule has 0 aliphatic heterocycles. The Kier molecular flexibility index (Phi) is 11.1. The molecule has 0 bridgehead atoms. The van der Waals surface area contributed by atoms with Crippen LogP contribution in [-0.4, -0.2) is 49.8 Å². The molecule has 0 amide bonds. The Hall–Kier alpha value is -0.160. The lowest BCUT2D eigenvalue weighted by atomic mass is 9.79. The summed E-state index contributed by atoms with van der Waals surface area (Å²) in [4.78, 5) is 0. The van der Waals surface area contributed by atoms with Gasteiger partial charge in [-0.15, -0.1) is 0 Å². The molecule has 1 unspecified atom stereocenters. The third-order valence-electron chi connectivity index (χ3n) is 5.84. The van der Waals surface area contributed by atoms with Crippen LogP contribution in [0.1, 0.15) is 94.4 Å². The molecule has 0 spiro atoms. The van der Waals surface area contributed by atoms with Gasteiger partial charge in [0.15, 0.2) is 0 Å². The van der Waals surface area contributed by atoms with E-state index in [1.54, 1.807) is 14.2 Å². The summed E-state index contributed by atoms with van der Waals surface area (Å²) in [5.74, 6) is 0.443. The fraction of sp³-hybridized carbons (Fsp3) is 1.00. The van der Waals surface area contributed by atoms with Crippen LogP contribution >= 0.6 is 0 Å². The van der Waals surface area contributed by atoms with Crippen molar-refractivity contribution in [1.82, 2.24) is 0 Å². The summed E-state index contributed by atoms with van der Waals surface area (Å²) >= 11 is 0. The second-order valence-electron chi connectivity index (χ2n) is 10.2. The molecule has 4 heteroatoms. The van der Waals surface area contributed by atoms with E-state index in [2.05, 4.69) is 62.3 Å². The fourth-order valence-electron chi connectivity index (χ4n) is 3.15. The second-order valence-corrected chi connectivity index (χ2v) is 10.2. The van der Waals surface area contributed by atoms with E-state index in [-0.39, 0.29) is 22.4 Å². The molecule has 0 aromatic carbocycles. The summed E-state index contributed by atoms with van der Waals surface area (Å²) in [5.41, 5.74) is -0.662. The molecule has 0 saturated carbocycles. The Balaban J connectivity index is 4.77. The summed E-state index contributed by atoms with van der Waals surface area (Å²) in [6.07, 6.45) is 5.04. The topological polar surface area (TPSA) is 36.9 Å². The Bertz CT molecular complexity index is 399. The van der Waals surface area contributed by atoms with Crippen LogP contribution in [0.2, 0.25) is 0 Å². The SMILES string of the molecule is CCCC(CC(C)(C)OCCC(C)(C)OC)C(C)(C)OCCC(C)(C)OC. The zero-order valence-corrected chi connectivity index (χ0v) is 20.2. The van der Waals surface area contributed by atoms with Crippen molar-refractivity contribution in [3.8, 4) is 0 Å². The molecule has 0 heterocycles. The predicted octanol–water partition coefficient (Wildman–Crippen LogP) is 6.01. The second kappa shape index (κ2) is 11.1. The van der Waals surface area contributed by atoms with Gasteiger partial charge in [-0.25, -0.2) is 0 Å². The molecule has 0 rings (SSSR count). The van der Waals surface area contributed by atoms with Gasteiger partial charge in [-0.1, -0.05) is 13.3 Å². The van der Waals surface area contributed by atoms with E-state index in [1.807, 2.05) is 0 Å². The minimum atomic E-state index is -0.188. The molecular weight excluding hydrogens is 340 g/mol. The van der Waals surface area contributed by atoms with Gasteiger partial charge in [0.25, 0.3) is 0 Å². The monoisotopic (exact) mass is 388 g/mol. The van der Waals surface area contributed by atoms with Gasteiger partial charge in [0.1, 0.15) is 0 Å². The summed E-state index contributed by atoms with van der Waals surface area (Å²) in [6.45, 7) is 20.9. The lowest BCUT2D eigenvalue weighted by Crippen LogP contribution is -2.41. The zero-order chi connectivity index (χ0) is 21.4. The molecule has 27 heavy (non-hydrogen) atoms. The standard InChI is InChI=1S/C23H48O4/c1-12-13-19(23(8,9)27-17-15-21(4,5)25-11)18-22(6,7)26-16-14-20(2,3)24-10/h19H,12-18H2,1-11H3. The molecular formula is C23H48O4. The van der Waals surface area contributed by atoms with Crippen molar-refractivity contribution in [1.29, 1.82) is 0 Å². The van der Waals surface area contributed by atoms with Crippen LogP contribution in [0.5, 0.6) is 0 Å². The van der Waals surface area contributed by atoms with Gasteiger partial charge in [0.2, 0.25) is 0 Å². The van der Waals surface area contributed by atoms with Gasteiger partial charge in [-0.3, -0.25) is 0 Å². The van der Waals surface area contributed by atoms with Crippen molar-refractivity contribution in [2.24, 2.45) is 5.92 Å². The average molecular weight is 389 g/mol. The van der Waals surface area contributed by atoms with Crippen molar-refractivity contribution in [3.63, 3.8) is 0 Å². The van der Waals surface area contributed by atoms with Crippen LogP contribution in [0.4, 0.5) is 0 Å². The minimum Gasteiger partial charge on any atom is -0.379 e. The Morgan fingerprint density at radius 2 is 1.11 bits per heavy atom. The van der Waals surface area contributed by atoms with Crippen molar-refractivity contribution in [2.75, 3.05) is 27.4 Å². The number of hydrogen-bond acceptors (Lipinski definition) is 4. The minimum absolute atomic E-state index is 0.143. The fourth-order valence-corrected chi connectivity index (χ4v) is 3.15. The van der Waals surface area contributed by atoms with Gasteiger partial charge >= 0.3 is 0 Å². The lowest BCUT2D eigenvalue weighted by molar-refractivity contribution is -0.117. The Morgan fingerprint density at radius 1 is 0.667 bits per heavy atom. The quantitative estimate of drug-likeness (QED) is 0.344. The maximum atomic E-state index is 6.35. The molecule has 0 radical (unpaired) electrons. The molecule has 4 nitrogen and oxygen atoms in total. The van der Waals surface area contributed by atoms with E-state index in [9.17, 15) is 0 Å². The highest BCUT2D eigenvalue weighted by Crippen LogP contribution is 2.35. The largest absolute Gasteiger partial charge is 0.379 e. The van der Waals surface area contributed by atoms with Gasteiger partial charge in [0, 0.05) is 14.2 Å². The first-order valence-electron chi connectivity index (χ1n) is 10.6. The van der Waals surface area contributed by atoms with Crippen molar-refractivity contribution in [2.45, 2.75) is 117 Å². The van der Waals surface area contributed by atoms with Gasteiger partial charge in [-0.2, -0.15) is 0 Å². The van der Waals surface area contributed by atoms with E-state index in [1.165, 1.54) is 0 Å². The highest BCUT2D eigenvalue weighted by Gasteiger charge is 2.35. The number of ether oxygens (including phenoxy) is 4. The lowest BCUT2D eigenvalue weighted by Gasteiger charge is -2.40. The van der Waals surface area contributed by atoms with Crippen LogP contribution in [0.3, 0.4) is 0 Å². The van der Waals surface area contributed by atoms with E-state index < -0.39 is 0 Å². The molecule has 0 saturated heterocycles. The van der Waals surface area contributed by atoms with Gasteiger partial charge in [0.05, 0.1) is 35.6 Å². The predicted molar refractivity (Wildman–Crippen MR) is 114 cm³/mol. The van der Waals surface area contributed by atoms with Gasteiger partial charge < -0.3 is 18.9 Å². The third kappa shape index (κ3) is 11.4. The molecule has 0 fully saturated rings. The van der Waals surface area contributed by atoms with E-state index in [0.29, 0.717) is 19.1 Å². The molecule has 0 aliphatic rings. The molecule has 0 aromatic heterocycles. The number of rotatable bonds is 15. The number of methoxy groups -OCH3 is 2. The third-order valence-corrected chi connectivity index (χ3v) is 5.84. The highest BCUT2D eigenvalue weighted by atomic mass is 16.5. The summed E-state index contributed by atoms with van der Waals surface area (Å²) in [5, 5.41) is 0. The van der Waals surface area contributed by atoms with E-state index >= 15 is 0 Å². The van der Waals surface area contributed by atoms with Crippen molar-refractivity contribution in [3.05, 3.63) is 0 Å². The number of hydrogen-bond donors (Lipinski definition) is 0. The smallest absolute Gasteiger partial charge is 0.0655 e. The van der Waals surface area contributed by atoms with Crippen molar-refractivity contribution < 1.29 is 18.9 Å². The zero-order valence-electron chi connectivity index (χ0n) is 20.2. The first-order valence-corrected chi connectivity index (χ1v) is 10.6. The highest BCUT2D eigenvalue weighted by molar-refractivity contribution is 4.86.